The number of nitrogens with one attached hydrogen (secondary N) is 2. The van der Waals surface area contributed by atoms with Crippen LogP contribution in [-0.4, -0.2) is 17.1 Å². The highest BCUT2D eigenvalue weighted by Crippen LogP contribution is 2.17. The van der Waals surface area contributed by atoms with E-state index >= 15 is 0 Å². The number of amides is 1. The van der Waals surface area contributed by atoms with E-state index in [2.05, 4.69) is 31.4 Å². The van der Waals surface area contributed by atoms with Gasteiger partial charge in [0.25, 0.3) is 5.91 Å². The summed E-state index contributed by atoms with van der Waals surface area (Å²) < 4.78 is 0.967. The molecule has 0 atom stereocenters. The van der Waals surface area contributed by atoms with E-state index in [1.807, 2.05) is 48.5 Å². The molecule has 1 heterocycles. The van der Waals surface area contributed by atoms with Crippen molar-refractivity contribution in [1.82, 2.24) is 10.4 Å². The van der Waals surface area contributed by atoms with Crippen LogP contribution in [0, 0.1) is 0 Å². The van der Waals surface area contributed by atoms with Crippen LogP contribution < -0.4 is 5.43 Å². The van der Waals surface area contributed by atoms with Gasteiger partial charge in [0.1, 0.15) is 0 Å². The standard InChI is InChI=1S/C16H12BrN3O/c17-12-5-3-4-11(8-12)9-19-20-16(21)14-10-18-15-7-2-1-6-13(14)15/h1-10,18H,(H,20,21)/b19-9+. The van der Waals surface area contributed by atoms with E-state index in [1.54, 1.807) is 12.4 Å². The predicted octanol–water partition coefficient (Wildman–Crippen LogP) is 3.69. The average molecular weight is 342 g/mol. The molecule has 2 aromatic carbocycles. The third-order valence-electron chi connectivity index (χ3n) is 3.06. The van der Waals surface area contributed by atoms with Gasteiger partial charge in [0.15, 0.2) is 0 Å². The molecule has 0 fully saturated rings. The van der Waals surface area contributed by atoms with Gasteiger partial charge in [-0.05, 0) is 23.8 Å². The molecule has 104 valence electrons. The summed E-state index contributed by atoms with van der Waals surface area (Å²) in [6.45, 7) is 0. The molecule has 1 amide bonds. The molecular weight excluding hydrogens is 330 g/mol. The Morgan fingerprint density at radius 3 is 2.90 bits per heavy atom. The molecule has 0 unspecified atom stereocenters. The lowest BCUT2D eigenvalue weighted by Crippen LogP contribution is -2.17. The number of hydrazone groups is 1. The summed E-state index contributed by atoms with van der Waals surface area (Å²) in [5, 5.41) is 4.87. The zero-order valence-electron chi connectivity index (χ0n) is 11.0. The molecule has 0 saturated heterocycles. The monoisotopic (exact) mass is 341 g/mol. The van der Waals surface area contributed by atoms with Gasteiger partial charge < -0.3 is 4.98 Å². The minimum absolute atomic E-state index is 0.237. The molecule has 0 saturated carbocycles. The third-order valence-corrected chi connectivity index (χ3v) is 3.56. The van der Waals surface area contributed by atoms with E-state index < -0.39 is 0 Å². The van der Waals surface area contributed by atoms with Gasteiger partial charge in [0.2, 0.25) is 0 Å². The Labute approximate surface area is 130 Å². The van der Waals surface area contributed by atoms with Gasteiger partial charge in [0, 0.05) is 21.6 Å². The quantitative estimate of drug-likeness (QED) is 0.553. The summed E-state index contributed by atoms with van der Waals surface area (Å²) in [7, 11) is 0. The number of hydrogen-bond donors (Lipinski definition) is 2. The Bertz CT molecular complexity index is 823. The second-order valence-corrected chi connectivity index (χ2v) is 5.42. The molecule has 1 aromatic heterocycles. The lowest BCUT2D eigenvalue weighted by molar-refractivity contribution is 0.0957. The number of H-pyrrole nitrogens is 1. The van der Waals surface area contributed by atoms with Gasteiger partial charge in [-0.15, -0.1) is 0 Å². The van der Waals surface area contributed by atoms with Crippen molar-refractivity contribution in [3.63, 3.8) is 0 Å². The smallest absolute Gasteiger partial charge is 0.273 e. The van der Waals surface area contributed by atoms with Crippen LogP contribution in [0.3, 0.4) is 0 Å². The highest BCUT2D eigenvalue weighted by atomic mass is 79.9. The van der Waals surface area contributed by atoms with Crippen LogP contribution in [0.1, 0.15) is 15.9 Å². The van der Waals surface area contributed by atoms with Crippen molar-refractivity contribution < 1.29 is 4.79 Å². The second kappa shape index (κ2) is 5.93. The molecule has 0 aliphatic carbocycles. The summed E-state index contributed by atoms with van der Waals surface area (Å²) >= 11 is 3.39. The van der Waals surface area contributed by atoms with Crippen molar-refractivity contribution in [2.75, 3.05) is 0 Å². The minimum atomic E-state index is -0.237. The first-order valence-electron chi connectivity index (χ1n) is 6.39. The van der Waals surface area contributed by atoms with Crippen molar-refractivity contribution in [2.45, 2.75) is 0 Å². The Hall–Kier alpha value is -2.40. The molecule has 2 N–H and O–H groups in total. The second-order valence-electron chi connectivity index (χ2n) is 4.50. The van der Waals surface area contributed by atoms with E-state index in [0.29, 0.717) is 5.56 Å². The summed E-state index contributed by atoms with van der Waals surface area (Å²) in [6.07, 6.45) is 3.30. The first-order valence-corrected chi connectivity index (χ1v) is 7.18. The number of halogens is 1. The van der Waals surface area contributed by atoms with E-state index in [1.165, 1.54) is 0 Å². The van der Waals surface area contributed by atoms with Crippen molar-refractivity contribution in [2.24, 2.45) is 5.10 Å². The van der Waals surface area contributed by atoms with Gasteiger partial charge in [-0.25, -0.2) is 5.43 Å². The molecule has 3 aromatic rings. The molecule has 0 aliphatic heterocycles. The zero-order chi connectivity index (χ0) is 14.7. The van der Waals surface area contributed by atoms with E-state index in [0.717, 1.165) is 20.9 Å². The number of benzene rings is 2. The van der Waals surface area contributed by atoms with Crippen molar-refractivity contribution in [3.05, 3.63) is 70.3 Å². The van der Waals surface area contributed by atoms with E-state index in [-0.39, 0.29) is 5.91 Å². The fourth-order valence-electron chi connectivity index (χ4n) is 2.07. The number of fused-ring (bicyclic) bond motifs is 1. The number of rotatable bonds is 3. The van der Waals surface area contributed by atoms with Crippen molar-refractivity contribution >= 4 is 39.0 Å². The molecule has 0 bridgehead atoms. The average Bonchev–Trinajstić information content (AvgIpc) is 2.91. The maximum absolute atomic E-state index is 12.1. The summed E-state index contributed by atoms with van der Waals surface area (Å²) in [4.78, 5) is 15.2. The number of aromatic nitrogens is 1. The molecule has 3 rings (SSSR count). The number of aromatic amines is 1. The molecule has 0 spiro atoms. The normalized spacial score (nSPS) is 11.1. The first kappa shape index (κ1) is 13.6. The van der Waals surface area contributed by atoms with Crippen molar-refractivity contribution in [3.8, 4) is 0 Å². The largest absolute Gasteiger partial charge is 0.360 e. The SMILES string of the molecule is O=C(N/N=C/c1cccc(Br)c1)c1c[nH]c2ccccc12. The fraction of sp³-hybridized carbons (Fsp3) is 0. The number of carbonyl (C=O) groups excluding carboxylic acids is 1. The van der Waals surface area contributed by atoms with Gasteiger partial charge in [0.05, 0.1) is 11.8 Å². The van der Waals surface area contributed by atoms with Crippen molar-refractivity contribution in [1.29, 1.82) is 0 Å². The zero-order valence-corrected chi connectivity index (χ0v) is 12.6. The third kappa shape index (κ3) is 3.03. The lowest BCUT2D eigenvalue weighted by Gasteiger charge is -1.98. The highest BCUT2D eigenvalue weighted by molar-refractivity contribution is 9.10. The topological polar surface area (TPSA) is 57.2 Å². The number of carbonyl (C=O) groups is 1. The fourth-order valence-corrected chi connectivity index (χ4v) is 2.49. The Balaban J connectivity index is 1.75. The molecule has 21 heavy (non-hydrogen) atoms. The maximum Gasteiger partial charge on any atom is 0.273 e. The number of hydrogen-bond acceptors (Lipinski definition) is 2. The van der Waals surface area contributed by atoms with Crippen LogP contribution in [0.4, 0.5) is 0 Å². The van der Waals surface area contributed by atoms with Crippen LogP contribution in [0.25, 0.3) is 10.9 Å². The van der Waals surface area contributed by atoms with E-state index in [9.17, 15) is 4.79 Å². The van der Waals surface area contributed by atoms with Crippen LogP contribution in [-0.2, 0) is 0 Å². The minimum Gasteiger partial charge on any atom is -0.360 e. The molecule has 0 aliphatic rings. The van der Waals surface area contributed by atoms with Gasteiger partial charge in [-0.3, -0.25) is 4.79 Å². The first-order chi connectivity index (χ1) is 10.2. The molecule has 0 radical (unpaired) electrons. The van der Waals surface area contributed by atoms with Crippen LogP contribution in [0.15, 0.2) is 64.3 Å². The number of nitrogens with zero attached hydrogens (tertiary/aromatic N) is 1. The van der Waals surface area contributed by atoms with Crippen LogP contribution in [0.5, 0.6) is 0 Å². The van der Waals surface area contributed by atoms with Gasteiger partial charge in [-0.2, -0.15) is 5.10 Å². The maximum atomic E-state index is 12.1. The van der Waals surface area contributed by atoms with E-state index in [4.69, 9.17) is 0 Å². The molecule has 5 heteroatoms. The number of para-hydroxylation sites is 1. The van der Waals surface area contributed by atoms with Crippen LogP contribution >= 0.6 is 15.9 Å². The van der Waals surface area contributed by atoms with Gasteiger partial charge >= 0.3 is 0 Å². The predicted molar refractivity (Wildman–Crippen MR) is 87.5 cm³/mol. The summed E-state index contributed by atoms with van der Waals surface area (Å²) in [6, 6.07) is 15.3. The lowest BCUT2D eigenvalue weighted by atomic mass is 10.2. The molecular formula is C16H12BrN3O. The Morgan fingerprint density at radius 1 is 1.19 bits per heavy atom. The molecule has 4 nitrogen and oxygen atoms in total. The summed E-state index contributed by atoms with van der Waals surface area (Å²) in [5.74, 6) is -0.237. The summed E-state index contributed by atoms with van der Waals surface area (Å²) in [5.41, 5.74) is 4.96. The van der Waals surface area contributed by atoms with Crippen LogP contribution in [0.2, 0.25) is 0 Å². The van der Waals surface area contributed by atoms with Gasteiger partial charge in [-0.1, -0.05) is 46.3 Å². The highest BCUT2D eigenvalue weighted by Gasteiger charge is 2.10. The Kier molecular flexibility index (Phi) is 3.83. The Morgan fingerprint density at radius 2 is 2.05 bits per heavy atom.